The molecule has 10 rings (SSSR count). The molecule has 6 aromatic carbocycles. The van der Waals surface area contributed by atoms with E-state index in [9.17, 15) is 29.7 Å². The van der Waals surface area contributed by atoms with Gasteiger partial charge in [-0.15, -0.1) is 45.0 Å². The maximum Gasteiger partial charge on any atom is 0.336 e. The van der Waals surface area contributed by atoms with Gasteiger partial charge in [0, 0.05) is 16.7 Å². The van der Waals surface area contributed by atoms with Crippen LogP contribution >= 0.6 is 0 Å². The second-order valence-corrected chi connectivity index (χ2v) is 18.1. The van der Waals surface area contributed by atoms with E-state index in [1.54, 1.807) is 72.8 Å². The van der Waals surface area contributed by atoms with Crippen molar-refractivity contribution in [2.75, 3.05) is 0 Å². The molecule has 3 N–H and O–H groups in total. The molecule has 69 heavy (non-hydrogen) atoms. The van der Waals surface area contributed by atoms with Crippen LogP contribution in [-0.2, 0) is 19.6 Å². The quantitative estimate of drug-likeness (QED) is 0.113. The van der Waals surface area contributed by atoms with Crippen LogP contribution in [0.3, 0.4) is 0 Å². The molecule has 0 aliphatic rings. The van der Waals surface area contributed by atoms with Crippen molar-refractivity contribution in [2.45, 2.75) is 78.9 Å². The van der Waals surface area contributed by atoms with E-state index in [2.05, 4.69) is 30.6 Å². The van der Waals surface area contributed by atoms with Gasteiger partial charge in [0.15, 0.2) is 0 Å². The maximum atomic E-state index is 15.0. The first kappa shape index (κ1) is 44.2. The number of aromatic nitrogens is 12. The monoisotopic (exact) mass is 924 g/mol. The van der Waals surface area contributed by atoms with Gasteiger partial charge in [-0.25, -0.2) is 28.1 Å². The lowest BCUT2D eigenvalue weighted by molar-refractivity contribution is 0.435. The summed E-state index contributed by atoms with van der Waals surface area (Å²) in [5.74, 6) is -1.08. The third-order valence-electron chi connectivity index (χ3n) is 12.5. The molecule has 0 radical (unpaired) electrons. The summed E-state index contributed by atoms with van der Waals surface area (Å²) < 4.78 is 2.61. The second kappa shape index (κ2) is 17.2. The molecule has 0 aliphatic heterocycles. The highest BCUT2D eigenvalue weighted by molar-refractivity contribution is 5.75. The van der Waals surface area contributed by atoms with Crippen LogP contribution in [0, 0.1) is 0 Å². The van der Waals surface area contributed by atoms with Crippen LogP contribution in [0.5, 0.6) is 17.2 Å². The topological polar surface area (TPSA) is 219 Å². The van der Waals surface area contributed by atoms with E-state index < -0.39 is 36.7 Å². The molecule has 0 spiro atoms. The molecule has 4 aromatic heterocycles. The number of benzene rings is 6. The van der Waals surface area contributed by atoms with Gasteiger partial charge in [0.05, 0.1) is 19.6 Å². The van der Waals surface area contributed by atoms with E-state index in [4.69, 9.17) is 0 Å². The highest BCUT2D eigenvalue weighted by Crippen LogP contribution is 2.34. The fourth-order valence-corrected chi connectivity index (χ4v) is 8.43. The summed E-state index contributed by atoms with van der Waals surface area (Å²) in [6.45, 7) is 10.3. The summed E-state index contributed by atoms with van der Waals surface area (Å²) in [7, 11) is 0. The zero-order valence-electron chi connectivity index (χ0n) is 38.7. The predicted octanol–water partition coefficient (Wildman–Crippen LogP) is 7.01. The number of rotatable bonds is 12. The highest BCUT2D eigenvalue weighted by Gasteiger charge is 2.25. The van der Waals surface area contributed by atoms with E-state index >= 15 is 0 Å². The predicted molar refractivity (Wildman–Crippen MR) is 260 cm³/mol. The Kier molecular flexibility index (Phi) is 11.0. The highest BCUT2D eigenvalue weighted by atomic mass is 16.3. The van der Waals surface area contributed by atoms with Crippen molar-refractivity contribution < 1.29 is 15.3 Å². The first-order valence-electron chi connectivity index (χ1n) is 22.6. The molecular formula is C51H48N12O6. The van der Waals surface area contributed by atoms with Crippen LogP contribution in [0.25, 0.3) is 50.2 Å². The van der Waals surface area contributed by atoms with Gasteiger partial charge in [0.25, 0.3) is 0 Å². The van der Waals surface area contributed by atoms with Crippen LogP contribution in [-0.4, -0.2) is 74.0 Å². The van der Waals surface area contributed by atoms with Gasteiger partial charge >= 0.3 is 17.1 Å². The summed E-state index contributed by atoms with van der Waals surface area (Å²) >= 11 is 0. The van der Waals surface area contributed by atoms with E-state index in [0.717, 1.165) is 30.4 Å². The molecule has 10 aromatic rings. The zero-order valence-corrected chi connectivity index (χ0v) is 38.7. The van der Waals surface area contributed by atoms with Crippen molar-refractivity contribution >= 4 is 33.1 Å². The Morgan fingerprint density at radius 2 is 0.594 bits per heavy atom. The van der Waals surface area contributed by atoms with Gasteiger partial charge in [-0.3, -0.25) is 0 Å². The number of hydrogen-bond acceptors (Lipinski definition) is 12. The van der Waals surface area contributed by atoms with E-state index in [0.29, 0.717) is 33.1 Å². The molecule has 18 nitrogen and oxygen atoms in total. The Balaban J connectivity index is 1.17. The van der Waals surface area contributed by atoms with Crippen LogP contribution in [0.1, 0.15) is 92.7 Å². The Bertz CT molecular complexity index is 3310. The lowest BCUT2D eigenvalue weighted by Crippen LogP contribution is -2.54. The van der Waals surface area contributed by atoms with Crippen molar-refractivity contribution in [3.05, 3.63) is 174 Å². The van der Waals surface area contributed by atoms with Gasteiger partial charge < -0.3 is 15.3 Å². The number of phenols is 3. The standard InChI is InChI=1S/C51H48N12O6/c1-28(2)31-19-34(46(64)43(22-31)61-52-37-13-7-8-14-38(37)53-61)25-58-49(67)59(26-35-20-32(29(3)4)23-44(47(35)65)62-54-39-15-9-10-16-40(39)55-62)51(69)60(50(58)68)27-36-21-33(30(5)6)24-45(48(36)66)63-56-41-17-11-12-18-42(41)57-63/h7-24,28-30,64-66H,25-27H2,1-6H3. The summed E-state index contributed by atoms with van der Waals surface area (Å²) in [4.78, 5) is 48.9. The van der Waals surface area contributed by atoms with Crippen LogP contribution in [0.2, 0.25) is 0 Å². The first-order chi connectivity index (χ1) is 33.1. The summed E-state index contributed by atoms with van der Waals surface area (Å²) in [6, 6.07) is 32.1. The largest absolute Gasteiger partial charge is 0.505 e. The summed E-state index contributed by atoms with van der Waals surface area (Å²) in [6.07, 6.45) is 0. The van der Waals surface area contributed by atoms with Crippen molar-refractivity contribution in [1.29, 1.82) is 0 Å². The average molecular weight is 925 g/mol. The van der Waals surface area contributed by atoms with Gasteiger partial charge in [-0.2, -0.15) is 0 Å². The molecule has 0 fully saturated rings. The minimum atomic E-state index is -1.01. The molecule has 0 saturated carbocycles. The number of fused-ring (bicyclic) bond motifs is 3. The molecule has 4 heterocycles. The Hall–Kier alpha value is -8.67. The van der Waals surface area contributed by atoms with Crippen molar-refractivity contribution in [1.82, 2.24) is 58.7 Å². The lowest BCUT2D eigenvalue weighted by Gasteiger charge is -2.19. The van der Waals surface area contributed by atoms with E-state index in [1.165, 1.54) is 14.4 Å². The van der Waals surface area contributed by atoms with Crippen LogP contribution in [0.15, 0.2) is 124 Å². The number of hydrogen-bond donors (Lipinski definition) is 3. The molecule has 0 unspecified atom stereocenters. The first-order valence-corrected chi connectivity index (χ1v) is 22.6. The fourth-order valence-electron chi connectivity index (χ4n) is 8.43. The average Bonchev–Trinajstić information content (AvgIpc) is 4.09. The number of phenolic OH excluding ortho intramolecular Hbond substituents is 3. The third kappa shape index (κ3) is 7.98. The van der Waals surface area contributed by atoms with Gasteiger partial charge in [0.1, 0.15) is 67.4 Å². The third-order valence-corrected chi connectivity index (χ3v) is 12.5. The normalized spacial score (nSPS) is 12.0. The van der Waals surface area contributed by atoms with Crippen molar-refractivity contribution in [3.63, 3.8) is 0 Å². The van der Waals surface area contributed by atoms with Crippen LogP contribution in [0.4, 0.5) is 0 Å². The molecular weight excluding hydrogens is 877 g/mol. The molecule has 0 aliphatic carbocycles. The number of aromatic hydroxyl groups is 3. The molecule has 348 valence electrons. The second-order valence-electron chi connectivity index (χ2n) is 18.1. The molecule has 0 bridgehead atoms. The lowest BCUT2D eigenvalue weighted by atomic mass is 9.98. The number of nitrogens with zero attached hydrogens (tertiary/aromatic N) is 12. The molecule has 0 saturated heterocycles. The van der Waals surface area contributed by atoms with E-state index in [-0.39, 0.29) is 68.8 Å². The Morgan fingerprint density at radius 3 is 0.797 bits per heavy atom. The van der Waals surface area contributed by atoms with Gasteiger partial charge in [-0.1, -0.05) is 77.9 Å². The minimum Gasteiger partial charge on any atom is -0.505 e. The minimum absolute atomic E-state index is 0.0741. The Morgan fingerprint density at radius 1 is 0.377 bits per heavy atom. The fraction of sp³-hybridized carbons (Fsp3) is 0.235. The van der Waals surface area contributed by atoms with Gasteiger partial charge in [0.2, 0.25) is 0 Å². The van der Waals surface area contributed by atoms with Crippen LogP contribution < -0.4 is 17.1 Å². The molecule has 0 amide bonds. The van der Waals surface area contributed by atoms with Crippen molar-refractivity contribution in [3.8, 4) is 34.3 Å². The molecule has 18 heteroatoms. The summed E-state index contributed by atoms with van der Waals surface area (Å²) in [5, 5.41) is 63.6. The smallest absolute Gasteiger partial charge is 0.336 e. The SMILES string of the molecule is CC(C)c1cc(Cn2c(=O)n(Cc3cc(C(C)C)cc(-n4nc5ccccc5n4)c3O)c(=O)n(Cc3cc(C(C)C)cc(-n4nc5ccccc5n4)c3O)c2=O)c(O)c(-n2nc3ccccc3n2)c1. The van der Waals surface area contributed by atoms with Gasteiger partial charge in [-0.05, 0) is 107 Å². The molecule has 0 atom stereocenters. The zero-order chi connectivity index (χ0) is 48.4. The maximum absolute atomic E-state index is 15.0. The summed E-state index contributed by atoms with van der Waals surface area (Å²) in [5.41, 5.74) is 4.01. The van der Waals surface area contributed by atoms with E-state index in [1.807, 2.05) is 77.9 Å². The Labute approximate surface area is 393 Å². The van der Waals surface area contributed by atoms with Crippen molar-refractivity contribution in [2.24, 2.45) is 0 Å².